The van der Waals surface area contributed by atoms with Crippen LogP contribution < -0.4 is 10.9 Å². The van der Waals surface area contributed by atoms with Gasteiger partial charge in [0.2, 0.25) is 5.91 Å². The summed E-state index contributed by atoms with van der Waals surface area (Å²) >= 11 is 1.28. The van der Waals surface area contributed by atoms with Crippen LogP contribution in [0.3, 0.4) is 0 Å². The van der Waals surface area contributed by atoms with Crippen LogP contribution in [0.4, 0.5) is 0 Å². The number of fused-ring (bicyclic) bond motifs is 1. The summed E-state index contributed by atoms with van der Waals surface area (Å²) in [5.41, 5.74) is 4.69. The van der Waals surface area contributed by atoms with E-state index in [1.165, 1.54) is 22.9 Å². The number of amides is 1. The average Bonchev–Trinajstić information content (AvgIpc) is 2.80. The van der Waals surface area contributed by atoms with Gasteiger partial charge in [-0.25, -0.2) is 4.98 Å². The maximum Gasteiger partial charge on any atom is 0.266 e. The number of aryl methyl sites for hydroxylation is 2. The van der Waals surface area contributed by atoms with Crippen molar-refractivity contribution < 1.29 is 4.79 Å². The predicted octanol–water partition coefficient (Wildman–Crippen LogP) is 4.45. The number of nitrogens with one attached hydrogen (secondary N) is 1. The number of thioether (sulfide) groups is 1. The quantitative estimate of drug-likeness (QED) is 0.339. The number of aromatic nitrogens is 2. The number of rotatable bonds is 7. The Bertz CT molecular complexity index is 1330. The van der Waals surface area contributed by atoms with Crippen molar-refractivity contribution >= 4 is 28.6 Å². The topological polar surface area (TPSA) is 64.0 Å². The zero-order chi connectivity index (χ0) is 22.5. The maximum atomic E-state index is 13.3. The smallest absolute Gasteiger partial charge is 0.266 e. The summed E-state index contributed by atoms with van der Waals surface area (Å²) < 4.78 is 1.61. The highest BCUT2D eigenvalue weighted by atomic mass is 32.2. The minimum absolute atomic E-state index is 0.0812. The lowest BCUT2D eigenvalue weighted by Crippen LogP contribution is -2.28. The highest BCUT2D eigenvalue weighted by Crippen LogP contribution is 2.23. The molecule has 0 bridgehead atoms. The number of benzene rings is 3. The molecule has 1 amide bonds. The van der Waals surface area contributed by atoms with E-state index in [9.17, 15) is 9.59 Å². The van der Waals surface area contributed by atoms with Crippen molar-refractivity contribution in [2.45, 2.75) is 25.4 Å². The van der Waals surface area contributed by atoms with Gasteiger partial charge >= 0.3 is 0 Å². The number of para-hydroxylation sites is 2. The van der Waals surface area contributed by atoms with Crippen molar-refractivity contribution in [2.75, 3.05) is 12.3 Å². The van der Waals surface area contributed by atoms with Gasteiger partial charge in [0.05, 0.1) is 22.3 Å². The molecular weight excluding hydrogens is 418 g/mol. The molecule has 0 atom stereocenters. The summed E-state index contributed by atoms with van der Waals surface area (Å²) in [6.45, 7) is 4.60. The molecule has 3 aromatic carbocycles. The molecule has 4 rings (SSSR count). The van der Waals surface area contributed by atoms with Gasteiger partial charge in [0, 0.05) is 6.54 Å². The van der Waals surface area contributed by atoms with Gasteiger partial charge in [-0.1, -0.05) is 66.4 Å². The van der Waals surface area contributed by atoms with E-state index >= 15 is 0 Å². The van der Waals surface area contributed by atoms with Gasteiger partial charge < -0.3 is 5.32 Å². The van der Waals surface area contributed by atoms with Crippen LogP contribution >= 0.6 is 11.8 Å². The van der Waals surface area contributed by atoms with Crippen molar-refractivity contribution in [1.29, 1.82) is 0 Å². The van der Waals surface area contributed by atoms with Crippen LogP contribution in [0.2, 0.25) is 0 Å². The van der Waals surface area contributed by atoms with Crippen LogP contribution in [0.25, 0.3) is 16.6 Å². The standard InChI is InChI=1S/C26H25N3O2S/c1-18-9-3-5-11-20(18)15-16-27-24(30)17-32-26-28-22-13-7-6-12-21(22)25(31)29(26)23-14-8-4-10-19(23)2/h3-14H,15-17H2,1-2H3,(H,27,30). The van der Waals surface area contributed by atoms with E-state index in [-0.39, 0.29) is 17.2 Å². The third-order valence-corrected chi connectivity index (χ3v) is 6.35. The molecule has 0 fully saturated rings. The van der Waals surface area contributed by atoms with E-state index in [0.717, 1.165) is 17.7 Å². The summed E-state index contributed by atoms with van der Waals surface area (Å²) in [5.74, 6) is 0.104. The molecule has 0 radical (unpaired) electrons. The molecule has 0 saturated heterocycles. The summed E-state index contributed by atoms with van der Waals surface area (Å²) in [7, 11) is 0. The Morgan fingerprint density at radius 3 is 2.41 bits per heavy atom. The fraction of sp³-hybridized carbons (Fsp3) is 0.192. The summed E-state index contributed by atoms with van der Waals surface area (Å²) in [4.78, 5) is 30.5. The zero-order valence-electron chi connectivity index (χ0n) is 18.2. The molecule has 5 nitrogen and oxygen atoms in total. The first-order valence-corrected chi connectivity index (χ1v) is 11.5. The zero-order valence-corrected chi connectivity index (χ0v) is 19.0. The molecule has 0 aliphatic heterocycles. The third-order valence-electron chi connectivity index (χ3n) is 5.41. The van der Waals surface area contributed by atoms with Gasteiger partial charge in [-0.3, -0.25) is 14.2 Å². The number of carbonyl (C=O) groups excluding carboxylic acids is 1. The van der Waals surface area contributed by atoms with Crippen LogP contribution in [0.15, 0.2) is 82.7 Å². The Balaban J connectivity index is 1.54. The second-order valence-corrected chi connectivity index (χ2v) is 8.60. The lowest BCUT2D eigenvalue weighted by Gasteiger charge is -2.15. The number of hydrogen-bond donors (Lipinski definition) is 1. The molecule has 162 valence electrons. The van der Waals surface area contributed by atoms with E-state index in [1.807, 2.05) is 61.5 Å². The monoisotopic (exact) mass is 443 g/mol. The lowest BCUT2D eigenvalue weighted by atomic mass is 10.1. The number of nitrogens with zero attached hydrogens (tertiary/aromatic N) is 2. The van der Waals surface area contributed by atoms with E-state index in [2.05, 4.69) is 24.4 Å². The molecule has 32 heavy (non-hydrogen) atoms. The van der Waals surface area contributed by atoms with Crippen molar-refractivity contribution in [3.8, 4) is 5.69 Å². The van der Waals surface area contributed by atoms with Crippen LogP contribution in [0, 0.1) is 13.8 Å². The SMILES string of the molecule is Cc1ccccc1CCNC(=O)CSc1nc2ccccc2c(=O)n1-c1ccccc1C. The Morgan fingerprint density at radius 1 is 0.938 bits per heavy atom. The molecule has 0 unspecified atom stereocenters. The highest BCUT2D eigenvalue weighted by molar-refractivity contribution is 7.99. The first-order chi connectivity index (χ1) is 15.5. The van der Waals surface area contributed by atoms with Gasteiger partial charge in [0.1, 0.15) is 0 Å². The highest BCUT2D eigenvalue weighted by Gasteiger charge is 2.15. The maximum absolute atomic E-state index is 13.3. The minimum Gasteiger partial charge on any atom is -0.355 e. The van der Waals surface area contributed by atoms with Crippen molar-refractivity contribution in [1.82, 2.24) is 14.9 Å². The molecule has 1 heterocycles. The Labute approximate surface area is 191 Å². The first kappa shape index (κ1) is 21.8. The molecule has 4 aromatic rings. The van der Waals surface area contributed by atoms with Gasteiger partial charge in [-0.05, 0) is 55.2 Å². The third kappa shape index (κ3) is 4.75. The van der Waals surface area contributed by atoms with Gasteiger partial charge in [0.25, 0.3) is 5.56 Å². The Hall–Kier alpha value is -3.38. The molecule has 6 heteroatoms. The fourth-order valence-electron chi connectivity index (χ4n) is 3.64. The predicted molar refractivity (Wildman–Crippen MR) is 131 cm³/mol. The molecule has 0 spiro atoms. The summed E-state index contributed by atoms with van der Waals surface area (Å²) in [6.07, 6.45) is 0.783. The number of carbonyl (C=O) groups is 1. The lowest BCUT2D eigenvalue weighted by molar-refractivity contribution is -0.118. The van der Waals surface area contributed by atoms with Crippen LogP contribution in [-0.2, 0) is 11.2 Å². The molecular formula is C26H25N3O2S. The number of hydrogen-bond acceptors (Lipinski definition) is 4. The van der Waals surface area contributed by atoms with Crippen LogP contribution in [0.5, 0.6) is 0 Å². The summed E-state index contributed by atoms with van der Waals surface area (Å²) in [6, 6.07) is 23.2. The summed E-state index contributed by atoms with van der Waals surface area (Å²) in [5, 5.41) is 4.05. The average molecular weight is 444 g/mol. The largest absolute Gasteiger partial charge is 0.355 e. The fourth-order valence-corrected chi connectivity index (χ4v) is 4.48. The van der Waals surface area contributed by atoms with Crippen molar-refractivity contribution in [2.24, 2.45) is 0 Å². The van der Waals surface area contributed by atoms with Crippen molar-refractivity contribution in [3.05, 3.63) is 99.8 Å². The normalized spacial score (nSPS) is 10.9. The van der Waals surface area contributed by atoms with Crippen LogP contribution in [0.1, 0.15) is 16.7 Å². The van der Waals surface area contributed by atoms with Gasteiger partial charge in [-0.2, -0.15) is 0 Å². The van der Waals surface area contributed by atoms with E-state index in [4.69, 9.17) is 4.98 Å². The molecule has 0 saturated carbocycles. The van der Waals surface area contributed by atoms with E-state index in [0.29, 0.717) is 22.6 Å². The van der Waals surface area contributed by atoms with Crippen LogP contribution in [-0.4, -0.2) is 27.8 Å². The van der Waals surface area contributed by atoms with E-state index in [1.54, 1.807) is 10.6 Å². The van der Waals surface area contributed by atoms with Gasteiger partial charge in [0.15, 0.2) is 5.16 Å². The molecule has 0 aliphatic rings. The Kier molecular flexibility index (Phi) is 6.71. The molecule has 0 aliphatic carbocycles. The minimum atomic E-state index is -0.132. The Morgan fingerprint density at radius 2 is 1.62 bits per heavy atom. The second kappa shape index (κ2) is 9.83. The van der Waals surface area contributed by atoms with Gasteiger partial charge in [-0.15, -0.1) is 0 Å². The first-order valence-electron chi connectivity index (χ1n) is 10.6. The van der Waals surface area contributed by atoms with Crippen molar-refractivity contribution in [3.63, 3.8) is 0 Å². The molecule has 1 aromatic heterocycles. The van der Waals surface area contributed by atoms with E-state index < -0.39 is 0 Å². The second-order valence-electron chi connectivity index (χ2n) is 7.65. The molecule has 1 N–H and O–H groups in total.